The number of hydrogen-bond donors (Lipinski definition) is 1. The monoisotopic (exact) mass is 211 g/mol. The minimum atomic E-state index is -0.670. The first kappa shape index (κ1) is 14.1. The van der Waals surface area contributed by atoms with Crippen molar-refractivity contribution < 1.29 is 14.6 Å². The number of hydrogen-bond acceptors (Lipinski definition) is 2. The van der Waals surface area contributed by atoms with Crippen molar-refractivity contribution in [2.24, 2.45) is 5.92 Å². The molecule has 0 spiro atoms. The average Bonchev–Trinajstić information content (AvgIpc) is 2.05. The molecule has 0 amide bonds. The van der Waals surface area contributed by atoms with E-state index in [9.17, 15) is 4.79 Å². The fraction of sp³-hybridized carbons (Fsp3) is 0.889. The molecule has 1 rings (SSSR count). The van der Waals surface area contributed by atoms with E-state index in [-0.39, 0.29) is 51.4 Å². The van der Waals surface area contributed by atoms with E-state index in [1.54, 1.807) is 7.11 Å². The second kappa shape index (κ2) is 7.37. The van der Waals surface area contributed by atoms with Gasteiger partial charge in [0.1, 0.15) is 0 Å². The van der Waals surface area contributed by atoms with Crippen molar-refractivity contribution in [2.45, 2.75) is 38.2 Å². The summed E-state index contributed by atoms with van der Waals surface area (Å²) in [4.78, 5) is 10.4. The summed E-state index contributed by atoms with van der Waals surface area (Å²) < 4.78 is 5.20. The third-order valence-electron chi connectivity index (χ3n) is 2.59. The molecule has 0 aromatic carbocycles. The fourth-order valence-corrected chi connectivity index (χ4v) is 1.82. The summed E-state index contributed by atoms with van der Waals surface area (Å²) in [6.07, 6.45) is 4.75. The van der Waals surface area contributed by atoms with Gasteiger partial charge in [-0.15, -0.1) is 0 Å². The third kappa shape index (κ3) is 5.49. The molecule has 13 heavy (non-hydrogen) atoms. The Morgan fingerprint density at radius 2 is 1.92 bits per heavy atom. The Bertz CT molecular complexity index is 153. The maximum Gasteiger partial charge on any atom is 0.303 e. The van der Waals surface area contributed by atoms with Crippen LogP contribution in [0.15, 0.2) is 0 Å². The van der Waals surface area contributed by atoms with Gasteiger partial charge in [0.25, 0.3) is 0 Å². The van der Waals surface area contributed by atoms with Gasteiger partial charge in [-0.05, 0) is 31.6 Å². The molecule has 1 radical (unpaired) electrons. The van der Waals surface area contributed by atoms with Gasteiger partial charge in [0.2, 0.25) is 0 Å². The van der Waals surface area contributed by atoms with Crippen molar-refractivity contribution in [3.8, 4) is 0 Å². The SMILES string of the molecule is CO[C@H]1CC[C@H](CC(=O)O)CC1.[K]. The summed E-state index contributed by atoms with van der Waals surface area (Å²) in [6.45, 7) is 0. The van der Waals surface area contributed by atoms with Crippen molar-refractivity contribution in [1.29, 1.82) is 0 Å². The summed E-state index contributed by atoms with van der Waals surface area (Å²) in [7, 11) is 1.72. The molecule has 1 N–H and O–H groups in total. The predicted molar refractivity (Wildman–Crippen MR) is 50.8 cm³/mol. The largest absolute Gasteiger partial charge is 0.481 e. The van der Waals surface area contributed by atoms with Crippen molar-refractivity contribution in [3.63, 3.8) is 0 Å². The smallest absolute Gasteiger partial charge is 0.303 e. The van der Waals surface area contributed by atoms with Crippen molar-refractivity contribution in [1.82, 2.24) is 0 Å². The van der Waals surface area contributed by atoms with Crippen LogP contribution in [0, 0.1) is 5.92 Å². The van der Waals surface area contributed by atoms with Crippen LogP contribution >= 0.6 is 0 Å². The molecule has 1 fully saturated rings. The van der Waals surface area contributed by atoms with E-state index in [1.807, 2.05) is 0 Å². The molecule has 0 saturated heterocycles. The van der Waals surface area contributed by atoms with Crippen LogP contribution in [0.25, 0.3) is 0 Å². The van der Waals surface area contributed by atoms with E-state index in [4.69, 9.17) is 9.84 Å². The maximum absolute atomic E-state index is 10.4. The van der Waals surface area contributed by atoms with Crippen LogP contribution in [0.5, 0.6) is 0 Å². The van der Waals surface area contributed by atoms with Gasteiger partial charge in [0.15, 0.2) is 0 Å². The Morgan fingerprint density at radius 3 is 2.31 bits per heavy atom. The van der Waals surface area contributed by atoms with Gasteiger partial charge in [-0.25, -0.2) is 0 Å². The van der Waals surface area contributed by atoms with Crippen molar-refractivity contribution in [2.75, 3.05) is 7.11 Å². The first-order chi connectivity index (χ1) is 5.72. The molecular weight excluding hydrogens is 195 g/mol. The Kier molecular flexibility index (Phi) is 7.97. The second-order valence-electron chi connectivity index (χ2n) is 3.48. The van der Waals surface area contributed by atoms with E-state index in [2.05, 4.69) is 0 Å². The molecule has 71 valence electrons. The van der Waals surface area contributed by atoms with E-state index in [0.717, 1.165) is 25.7 Å². The van der Waals surface area contributed by atoms with Gasteiger partial charge < -0.3 is 9.84 Å². The number of rotatable bonds is 3. The number of carboxylic acid groups (broad SMARTS) is 1. The summed E-state index contributed by atoms with van der Waals surface area (Å²) in [6, 6.07) is 0. The van der Waals surface area contributed by atoms with E-state index in [0.29, 0.717) is 18.4 Å². The molecule has 0 aromatic rings. The Labute approximate surface area is 122 Å². The third-order valence-corrected chi connectivity index (χ3v) is 2.59. The molecule has 3 nitrogen and oxygen atoms in total. The Hall–Kier alpha value is 1.07. The Balaban J connectivity index is 0.00000144. The predicted octanol–water partition coefficient (Wildman–Crippen LogP) is 1.29. The van der Waals surface area contributed by atoms with Gasteiger partial charge >= 0.3 is 5.97 Å². The van der Waals surface area contributed by atoms with Crippen LogP contribution in [0.4, 0.5) is 0 Å². The van der Waals surface area contributed by atoms with Crippen LogP contribution in [0.1, 0.15) is 32.1 Å². The van der Waals surface area contributed by atoms with Crippen LogP contribution in [-0.4, -0.2) is 75.7 Å². The van der Waals surface area contributed by atoms with Crippen LogP contribution in [0.2, 0.25) is 0 Å². The van der Waals surface area contributed by atoms with Gasteiger partial charge in [0.05, 0.1) is 6.10 Å². The normalized spacial score (nSPS) is 27.8. The second-order valence-corrected chi connectivity index (χ2v) is 3.48. The van der Waals surface area contributed by atoms with Gasteiger partial charge in [-0.1, -0.05) is 0 Å². The molecule has 4 heteroatoms. The molecule has 1 aliphatic rings. The van der Waals surface area contributed by atoms with Gasteiger partial charge in [-0.3, -0.25) is 4.79 Å². The Morgan fingerprint density at radius 1 is 1.38 bits per heavy atom. The van der Waals surface area contributed by atoms with E-state index in [1.165, 1.54) is 0 Å². The van der Waals surface area contributed by atoms with Crippen molar-refractivity contribution in [3.05, 3.63) is 0 Å². The fourth-order valence-electron chi connectivity index (χ4n) is 1.82. The molecule has 1 saturated carbocycles. The molecule has 0 unspecified atom stereocenters. The van der Waals surface area contributed by atoms with Crippen LogP contribution in [-0.2, 0) is 9.53 Å². The number of ether oxygens (including phenoxy) is 1. The number of methoxy groups -OCH3 is 1. The number of carboxylic acids is 1. The number of aliphatic carboxylic acids is 1. The summed E-state index contributed by atoms with van der Waals surface area (Å²) in [5.41, 5.74) is 0. The zero-order valence-corrected chi connectivity index (χ0v) is 11.6. The maximum atomic E-state index is 10.4. The minimum absolute atomic E-state index is 0. The molecule has 0 bridgehead atoms. The van der Waals surface area contributed by atoms with Gasteiger partial charge in [-0.2, -0.15) is 0 Å². The number of carbonyl (C=O) groups is 1. The molecule has 1 aliphatic carbocycles. The van der Waals surface area contributed by atoms with E-state index < -0.39 is 5.97 Å². The minimum Gasteiger partial charge on any atom is -0.481 e. The van der Waals surface area contributed by atoms with E-state index >= 15 is 0 Å². The first-order valence-electron chi connectivity index (χ1n) is 4.47. The zero-order valence-electron chi connectivity index (χ0n) is 8.45. The summed E-state index contributed by atoms with van der Waals surface area (Å²) in [5.74, 6) is -0.287. The molecule has 0 aliphatic heterocycles. The standard InChI is InChI=1S/C9H16O3.K/c1-12-8-4-2-7(3-5-8)6-9(10)11;/h7-8H,2-6H2,1H3,(H,10,11);/t7-,8-;. The summed E-state index contributed by atoms with van der Waals surface area (Å²) in [5, 5.41) is 8.56. The quantitative estimate of drug-likeness (QED) is 0.715. The summed E-state index contributed by atoms with van der Waals surface area (Å²) >= 11 is 0. The zero-order chi connectivity index (χ0) is 8.97. The first-order valence-corrected chi connectivity index (χ1v) is 4.47. The molecule has 0 aromatic heterocycles. The average molecular weight is 211 g/mol. The molecule has 0 atom stereocenters. The van der Waals surface area contributed by atoms with Crippen molar-refractivity contribution >= 4 is 57.4 Å². The van der Waals surface area contributed by atoms with Crippen LogP contribution in [0.3, 0.4) is 0 Å². The molecule has 0 heterocycles. The topological polar surface area (TPSA) is 46.5 Å². The van der Waals surface area contributed by atoms with Crippen LogP contribution < -0.4 is 0 Å². The molecular formula is C9H16KO3. The van der Waals surface area contributed by atoms with Gasteiger partial charge in [0, 0.05) is 64.9 Å².